The summed E-state index contributed by atoms with van der Waals surface area (Å²) in [6, 6.07) is 13.7. The molecule has 0 unspecified atom stereocenters. The second-order valence-corrected chi connectivity index (χ2v) is 7.32. The molecule has 0 saturated heterocycles. The molecule has 33 heavy (non-hydrogen) atoms. The maximum atomic E-state index is 13.4. The highest BCUT2D eigenvalue weighted by Gasteiger charge is 2.11. The summed E-state index contributed by atoms with van der Waals surface area (Å²) in [4.78, 5) is 8.35. The van der Waals surface area contributed by atoms with Crippen LogP contribution in [0.1, 0.15) is 31.8 Å². The highest BCUT2D eigenvalue weighted by Crippen LogP contribution is 2.17. The Labute approximate surface area is 208 Å². The number of alkyl halides is 2. The van der Waals surface area contributed by atoms with Crippen molar-refractivity contribution < 1.29 is 17.9 Å². The number of nitrogens with zero attached hydrogens (tertiary/aromatic N) is 3. The standard InChI is InChI=1S/C23H26F3N5O.HI/c1-16(2)32-20-8-6-19(7-9-20)30-23(28-11-10-17-4-3-5-18(24)14-17)29-15-21-27-12-13-31(21)22(25)26;/h3-9,12-14,16,22H,10-11,15H2,1-2H3,(H2,28,29,30);1H. The minimum Gasteiger partial charge on any atom is -0.491 e. The number of imidazole rings is 1. The molecule has 0 fully saturated rings. The van der Waals surface area contributed by atoms with Crippen molar-refractivity contribution in [3.05, 3.63) is 78.1 Å². The van der Waals surface area contributed by atoms with Crippen molar-refractivity contribution in [2.75, 3.05) is 11.9 Å². The molecule has 0 atom stereocenters. The minimum absolute atomic E-state index is 0. The zero-order valence-corrected chi connectivity index (χ0v) is 20.7. The third-order valence-electron chi connectivity index (χ3n) is 4.42. The Balaban J connectivity index is 0.00000385. The van der Waals surface area contributed by atoms with Crippen LogP contribution in [0.3, 0.4) is 0 Å². The van der Waals surface area contributed by atoms with Crippen molar-refractivity contribution >= 4 is 35.6 Å². The maximum Gasteiger partial charge on any atom is 0.319 e. The molecule has 178 valence electrons. The van der Waals surface area contributed by atoms with Gasteiger partial charge in [0.1, 0.15) is 23.9 Å². The number of aliphatic imine (C=N–C) groups is 1. The maximum absolute atomic E-state index is 13.4. The lowest BCUT2D eigenvalue weighted by molar-refractivity contribution is 0.0671. The molecule has 2 aromatic carbocycles. The van der Waals surface area contributed by atoms with E-state index in [0.717, 1.165) is 21.6 Å². The quantitative estimate of drug-likeness (QED) is 0.198. The van der Waals surface area contributed by atoms with E-state index in [4.69, 9.17) is 4.74 Å². The summed E-state index contributed by atoms with van der Waals surface area (Å²) in [6.07, 6.45) is 3.15. The molecule has 0 saturated carbocycles. The lowest BCUT2D eigenvalue weighted by Crippen LogP contribution is -2.32. The van der Waals surface area contributed by atoms with Crippen molar-refractivity contribution in [1.82, 2.24) is 14.9 Å². The smallest absolute Gasteiger partial charge is 0.319 e. The van der Waals surface area contributed by atoms with Crippen LogP contribution in [0, 0.1) is 5.82 Å². The SMILES string of the molecule is CC(C)Oc1ccc(NC(=NCc2nccn2C(F)F)NCCc2cccc(F)c2)cc1.I. The summed E-state index contributed by atoms with van der Waals surface area (Å²) in [6.45, 7) is 1.63. The van der Waals surface area contributed by atoms with Crippen molar-refractivity contribution in [3.63, 3.8) is 0 Å². The number of hydrogen-bond donors (Lipinski definition) is 2. The number of hydrogen-bond acceptors (Lipinski definition) is 3. The number of ether oxygens (including phenoxy) is 1. The Bertz CT molecular complexity index is 1020. The minimum atomic E-state index is -2.69. The number of benzene rings is 2. The van der Waals surface area contributed by atoms with Crippen LogP contribution in [0.2, 0.25) is 0 Å². The molecule has 1 heterocycles. The molecule has 0 aliphatic heterocycles. The van der Waals surface area contributed by atoms with E-state index in [2.05, 4.69) is 20.6 Å². The lowest BCUT2D eigenvalue weighted by atomic mass is 10.1. The molecule has 0 spiro atoms. The largest absolute Gasteiger partial charge is 0.491 e. The molecule has 0 radical (unpaired) electrons. The Morgan fingerprint density at radius 3 is 2.58 bits per heavy atom. The molecule has 0 aliphatic rings. The number of rotatable bonds is 9. The first-order chi connectivity index (χ1) is 15.4. The molecule has 0 bridgehead atoms. The van der Waals surface area contributed by atoms with Gasteiger partial charge in [-0.05, 0) is 62.2 Å². The normalized spacial score (nSPS) is 11.4. The zero-order valence-electron chi connectivity index (χ0n) is 18.3. The Morgan fingerprint density at radius 1 is 1.15 bits per heavy atom. The van der Waals surface area contributed by atoms with Crippen LogP contribution in [0.5, 0.6) is 5.75 Å². The van der Waals surface area contributed by atoms with Gasteiger partial charge >= 0.3 is 6.55 Å². The third-order valence-corrected chi connectivity index (χ3v) is 4.42. The van der Waals surface area contributed by atoms with Gasteiger partial charge in [-0.25, -0.2) is 14.4 Å². The first-order valence-electron chi connectivity index (χ1n) is 10.3. The first-order valence-corrected chi connectivity index (χ1v) is 10.3. The molecule has 2 N–H and O–H groups in total. The van der Waals surface area contributed by atoms with E-state index >= 15 is 0 Å². The van der Waals surface area contributed by atoms with E-state index in [-0.39, 0.29) is 48.3 Å². The second kappa shape index (κ2) is 13.1. The summed E-state index contributed by atoms with van der Waals surface area (Å²) >= 11 is 0. The summed E-state index contributed by atoms with van der Waals surface area (Å²) in [5.41, 5.74) is 1.58. The van der Waals surface area contributed by atoms with E-state index in [0.29, 0.717) is 18.9 Å². The van der Waals surface area contributed by atoms with Gasteiger partial charge in [0.15, 0.2) is 5.96 Å². The Hall–Kier alpha value is -2.76. The first kappa shape index (κ1) is 26.5. The van der Waals surface area contributed by atoms with Crippen LogP contribution in [-0.4, -0.2) is 28.2 Å². The van der Waals surface area contributed by atoms with Gasteiger partial charge in [0, 0.05) is 24.6 Å². The average Bonchev–Trinajstić information content (AvgIpc) is 3.22. The average molecular weight is 573 g/mol. The van der Waals surface area contributed by atoms with E-state index in [1.165, 1.54) is 24.5 Å². The van der Waals surface area contributed by atoms with Crippen molar-refractivity contribution in [2.45, 2.75) is 39.5 Å². The van der Waals surface area contributed by atoms with Gasteiger partial charge in [-0.2, -0.15) is 8.78 Å². The van der Waals surface area contributed by atoms with Crippen molar-refractivity contribution in [1.29, 1.82) is 0 Å². The van der Waals surface area contributed by atoms with Crippen LogP contribution in [0.25, 0.3) is 0 Å². The summed E-state index contributed by atoms with van der Waals surface area (Å²) in [5, 5.41) is 6.31. The topological polar surface area (TPSA) is 63.5 Å². The molecule has 0 aliphatic carbocycles. The van der Waals surface area contributed by atoms with Gasteiger partial charge < -0.3 is 15.4 Å². The van der Waals surface area contributed by atoms with E-state index in [1.807, 2.05) is 44.2 Å². The van der Waals surface area contributed by atoms with Crippen LogP contribution >= 0.6 is 24.0 Å². The van der Waals surface area contributed by atoms with Gasteiger partial charge in [0.25, 0.3) is 0 Å². The van der Waals surface area contributed by atoms with Gasteiger partial charge in [0.05, 0.1) is 6.10 Å². The summed E-state index contributed by atoms with van der Waals surface area (Å²) in [5.74, 6) is 0.980. The van der Waals surface area contributed by atoms with Gasteiger partial charge in [0.2, 0.25) is 0 Å². The molecule has 6 nitrogen and oxygen atoms in total. The lowest BCUT2D eigenvalue weighted by Gasteiger charge is -2.14. The molecule has 1 aromatic heterocycles. The zero-order chi connectivity index (χ0) is 22.9. The fourth-order valence-corrected chi connectivity index (χ4v) is 2.98. The monoisotopic (exact) mass is 573 g/mol. The Kier molecular flexibility index (Phi) is 10.5. The van der Waals surface area contributed by atoms with Gasteiger partial charge in [-0.3, -0.25) is 4.57 Å². The second-order valence-electron chi connectivity index (χ2n) is 7.32. The van der Waals surface area contributed by atoms with E-state index < -0.39 is 6.55 Å². The highest BCUT2D eigenvalue weighted by atomic mass is 127. The van der Waals surface area contributed by atoms with Gasteiger partial charge in [-0.1, -0.05) is 12.1 Å². The predicted molar refractivity (Wildman–Crippen MR) is 134 cm³/mol. The predicted octanol–water partition coefficient (Wildman–Crippen LogP) is 5.62. The van der Waals surface area contributed by atoms with Crippen molar-refractivity contribution in [3.8, 4) is 5.75 Å². The van der Waals surface area contributed by atoms with Crippen LogP contribution in [-0.2, 0) is 13.0 Å². The summed E-state index contributed by atoms with van der Waals surface area (Å²) in [7, 11) is 0. The Morgan fingerprint density at radius 2 is 1.91 bits per heavy atom. The van der Waals surface area contributed by atoms with Crippen LogP contribution < -0.4 is 15.4 Å². The van der Waals surface area contributed by atoms with E-state index in [9.17, 15) is 13.2 Å². The van der Waals surface area contributed by atoms with E-state index in [1.54, 1.807) is 6.07 Å². The molecule has 3 rings (SSSR count). The van der Waals surface area contributed by atoms with Gasteiger partial charge in [-0.15, -0.1) is 24.0 Å². The number of anilines is 1. The molecule has 3 aromatic rings. The fraction of sp³-hybridized carbons (Fsp3) is 0.304. The molecule has 10 heteroatoms. The number of nitrogens with one attached hydrogen (secondary N) is 2. The van der Waals surface area contributed by atoms with Crippen LogP contribution in [0.4, 0.5) is 18.9 Å². The molecule has 0 amide bonds. The van der Waals surface area contributed by atoms with Crippen molar-refractivity contribution in [2.24, 2.45) is 4.99 Å². The van der Waals surface area contributed by atoms with Crippen LogP contribution in [0.15, 0.2) is 65.9 Å². The molecular weight excluding hydrogens is 546 g/mol. The summed E-state index contributed by atoms with van der Waals surface area (Å²) < 4.78 is 46.0. The fourth-order valence-electron chi connectivity index (χ4n) is 2.98. The number of guanidine groups is 1. The third kappa shape index (κ3) is 8.60. The number of aromatic nitrogens is 2. The number of halogens is 4. The highest BCUT2D eigenvalue weighted by molar-refractivity contribution is 14.0. The molecular formula is C23H27F3IN5O.